The Hall–Kier alpha value is -1.75. The minimum atomic E-state index is 0.439. The first-order valence-electron chi connectivity index (χ1n) is 7.12. The lowest BCUT2D eigenvalue weighted by atomic mass is 10.1. The molecule has 2 aromatic heterocycles. The van der Waals surface area contributed by atoms with E-state index in [2.05, 4.69) is 51.8 Å². The van der Waals surface area contributed by atoms with Crippen molar-refractivity contribution in [1.82, 2.24) is 19.7 Å². The van der Waals surface area contributed by atoms with E-state index in [1.165, 1.54) is 11.1 Å². The standard InChI is InChI=1S/C15H18N4S/c1-3-5-8-19-12-7-6-10(4-2)9-11(12)13-14(19)16-15(20)18-17-13/h6-7,9H,3-5,8H2,1-2H3,(H,16,18,20). The van der Waals surface area contributed by atoms with Gasteiger partial charge in [0, 0.05) is 11.9 Å². The molecular weight excluding hydrogens is 268 g/mol. The summed E-state index contributed by atoms with van der Waals surface area (Å²) in [5.74, 6) is 0. The topological polar surface area (TPSA) is 46.5 Å². The zero-order valence-electron chi connectivity index (χ0n) is 11.8. The first kappa shape index (κ1) is 13.2. The van der Waals surface area contributed by atoms with E-state index in [0.29, 0.717) is 4.77 Å². The van der Waals surface area contributed by atoms with Crippen LogP contribution in [-0.4, -0.2) is 19.7 Å². The highest BCUT2D eigenvalue weighted by atomic mass is 32.1. The largest absolute Gasteiger partial charge is 0.324 e. The first-order valence-corrected chi connectivity index (χ1v) is 7.53. The van der Waals surface area contributed by atoms with Crippen molar-refractivity contribution in [3.05, 3.63) is 28.5 Å². The normalized spacial score (nSPS) is 11.5. The summed E-state index contributed by atoms with van der Waals surface area (Å²) in [4.78, 5) is 4.48. The van der Waals surface area contributed by atoms with Crippen LogP contribution < -0.4 is 0 Å². The van der Waals surface area contributed by atoms with Gasteiger partial charge >= 0.3 is 0 Å². The lowest BCUT2D eigenvalue weighted by Crippen LogP contribution is -1.99. The second-order valence-corrected chi connectivity index (χ2v) is 5.41. The van der Waals surface area contributed by atoms with Crippen molar-refractivity contribution in [3.8, 4) is 0 Å². The van der Waals surface area contributed by atoms with E-state index in [-0.39, 0.29) is 0 Å². The van der Waals surface area contributed by atoms with Crippen LogP contribution in [0.5, 0.6) is 0 Å². The lowest BCUT2D eigenvalue weighted by molar-refractivity contribution is 0.659. The van der Waals surface area contributed by atoms with Crippen molar-refractivity contribution < 1.29 is 0 Å². The summed E-state index contributed by atoms with van der Waals surface area (Å²) in [6.07, 6.45) is 3.30. The van der Waals surface area contributed by atoms with Gasteiger partial charge in [-0.2, -0.15) is 10.1 Å². The van der Waals surface area contributed by atoms with Gasteiger partial charge in [0.25, 0.3) is 0 Å². The van der Waals surface area contributed by atoms with Crippen molar-refractivity contribution in [2.75, 3.05) is 0 Å². The molecule has 104 valence electrons. The van der Waals surface area contributed by atoms with Crippen LogP contribution in [0.3, 0.4) is 0 Å². The highest BCUT2D eigenvalue weighted by molar-refractivity contribution is 7.71. The number of aryl methyl sites for hydroxylation is 2. The molecule has 0 aliphatic heterocycles. The molecule has 4 nitrogen and oxygen atoms in total. The molecule has 2 heterocycles. The third-order valence-electron chi connectivity index (χ3n) is 3.69. The number of hydrogen-bond donors (Lipinski definition) is 1. The maximum atomic E-state index is 5.12. The molecule has 3 rings (SSSR count). The molecule has 20 heavy (non-hydrogen) atoms. The van der Waals surface area contributed by atoms with Gasteiger partial charge in [-0.05, 0) is 42.8 Å². The predicted octanol–water partition coefficient (Wildman–Crippen LogP) is 4.00. The summed E-state index contributed by atoms with van der Waals surface area (Å²) < 4.78 is 2.68. The van der Waals surface area contributed by atoms with E-state index >= 15 is 0 Å². The highest BCUT2D eigenvalue weighted by Gasteiger charge is 2.13. The molecule has 0 aliphatic rings. The van der Waals surface area contributed by atoms with Crippen LogP contribution in [0.4, 0.5) is 0 Å². The third-order valence-corrected chi connectivity index (χ3v) is 3.87. The molecule has 0 bridgehead atoms. The molecule has 0 unspecified atom stereocenters. The van der Waals surface area contributed by atoms with E-state index in [1.54, 1.807) is 0 Å². The minimum Gasteiger partial charge on any atom is -0.324 e. The van der Waals surface area contributed by atoms with Crippen molar-refractivity contribution in [3.63, 3.8) is 0 Å². The fourth-order valence-electron chi connectivity index (χ4n) is 2.58. The average molecular weight is 286 g/mol. The van der Waals surface area contributed by atoms with Gasteiger partial charge in [0.2, 0.25) is 4.77 Å². The molecule has 0 fully saturated rings. The number of hydrogen-bond acceptors (Lipinski definition) is 3. The van der Waals surface area contributed by atoms with Crippen molar-refractivity contribution >= 4 is 34.3 Å². The van der Waals surface area contributed by atoms with Gasteiger partial charge < -0.3 is 4.57 Å². The Morgan fingerprint density at radius 1 is 1.30 bits per heavy atom. The molecule has 0 saturated carbocycles. The van der Waals surface area contributed by atoms with Gasteiger partial charge in [-0.25, -0.2) is 0 Å². The molecule has 0 spiro atoms. The van der Waals surface area contributed by atoms with E-state index in [1.807, 2.05) is 0 Å². The van der Waals surface area contributed by atoms with E-state index in [9.17, 15) is 0 Å². The second-order valence-electron chi connectivity index (χ2n) is 5.02. The maximum absolute atomic E-state index is 5.12. The highest BCUT2D eigenvalue weighted by Crippen LogP contribution is 2.27. The van der Waals surface area contributed by atoms with Crippen LogP contribution in [0.2, 0.25) is 0 Å². The quantitative estimate of drug-likeness (QED) is 0.737. The monoisotopic (exact) mass is 286 g/mol. The Balaban J connectivity index is 2.36. The summed E-state index contributed by atoms with van der Waals surface area (Å²) in [6.45, 7) is 5.31. The molecule has 0 radical (unpaired) electrons. The number of benzene rings is 1. The molecule has 0 atom stereocenters. The van der Waals surface area contributed by atoms with Crippen molar-refractivity contribution in [2.24, 2.45) is 0 Å². The molecular formula is C15H18N4S. The molecule has 1 N–H and O–H groups in total. The van der Waals surface area contributed by atoms with Crippen LogP contribution in [-0.2, 0) is 13.0 Å². The van der Waals surface area contributed by atoms with Crippen molar-refractivity contribution in [1.29, 1.82) is 0 Å². The van der Waals surface area contributed by atoms with Gasteiger partial charge in [-0.1, -0.05) is 26.3 Å². The fourth-order valence-corrected chi connectivity index (χ4v) is 2.71. The van der Waals surface area contributed by atoms with Gasteiger partial charge in [-0.15, -0.1) is 0 Å². The van der Waals surface area contributed by atoms with Crippen LogP contribution in [0.15, 0.2) is 18.2 Å². The Kier molecular flexibility index (Phi) is 3.53. The zero-order chi connectivity index (χ0) is 14.1. The molecule has 1 aromatic carbocycles. The summed E-state index contributed by atoms with van der Waals surface area (Å²) >= 11 is 5.12. The number of nitrogens with one attached hydrogen (secondary N) is 1. The molecule has 0 amide bonds. The summed E-state index contributed by atoms with van der Waals surface area (Å²) in [5, 5.41) is 8.38. The van der Waals surface area contributed by atoms with Gasteiger partial charge in [0.15, 0.2) is 5.65 Å². The Labute approximate surface area is 122 Å². The van der Waals surface area contributed by atoms with E-state index in [0.717, 1.165) is 42.4 Å². The number of aromatic amines is 1. The summed E-state index contributed by atoms with van der Waals surface area (Å²) in [5.41, 5.74) is 4.32. The number of rotatable bonds is 4. The Morgan fingerprint density at radius 2 is 2.15 bits per heavy atom. The first-order chi connectivity index (χ1) is 9.74. The Bertz CT molecular complexity index is 816. The zero-order valence-corrected chi connectivity index (χ0v) is 12.6. The number of fused-ring (bicyclic) bond motifs is 3. The average Bonchev–Trinajstić information content (AvgIpc) is 2.77. The summed E-state index contributed by atoms with van der Waals surface area (Å²) in [7, 11) is 0. The third kappa shape index (κ3) is 2.12. The molecule has 0 aliphatic carbocycles. The molecule has 5 heteroatoms. The number of H-pyrrole nitrogens is 1. The number of aromatic nitrogens is 4. The van der Waals surface area contributed by atoms with Crippen LogP contribution >= 0.6 is 12.2 Å². The van der Waals surface area contributed by atoms with Gasteiger partial charge in [-0.3, -0.25) is 5.10 Å². The van der Waals surface area contributed by atoms with Crippen LogP contribution in [0.25, 0.3) is 22.1 Å². The van der Waals surface area contributed by atoms with Crippen LogP contribution in [0, 0.1) is 4.77 Å². The van der Waals surface area contributed by atoms with Gasteiger partial charge in [0.1, 0.15) is 5.52 Å². The molecule has 3 aromatic rings. The SMILES string of the molecule is CCCCn1c2ccc(CC)cc2c2n[nH]c(=S)nc21. The number of nitrogens with zero attached hydrogens (tertiary/aromatic N) is 3. The smallest absolute Gasteiger partial charge is 0.215 e. The Morgan fingerprint density at radius 3 is 2.90 bits per heavy atom. The summed E-state index contributed by atoms with van der Waals surface area (Å²) in [6, 6.07) is 6.57. The fraction of sp³-hybridized carbons (Fsp3) is 0.400. The molecule has 0 saturated heterocycles. The van der Waals surface area contributed by atoms with Gasteiger partial charge in [0.05, 0.1) is 5.52 Å². The van der Waals surface area contributed by atoms with E-state index in [4.69, 9.17) is 12.2 Å². The lowest BCUT2D eigenvalue weighted by Gasteiger charge is -2.05. The second kappa shape index (κ2) is 5.32. The minimum absolute atomic E-state index is 0.439. The predicted molar refractivity (Wildman–Crippen MR) is 84.5 cm³/mol. The van der Waals surface area contributed by atoms with E-state index < -0.39 is 0 Å². The van der Waals surface area contributed by atoms with Crippen LogP contribution in [0.1, 0.15) is 32.3 Å². The maximum Gasteiger partial charge on any atom is 0.215 e. The number of unbranched alkanes of at least 4 members (excludes halogenated alkanes) is 1. The van der Waals surface area contributed by atoms with Crippen molar-refractivity contribution in [2.45, 2.75) is 39.7 Å².